The number of nitrogens with zero attached hydrogens (tertiary/aromatic N) is 1. The number of hydrogen-bond donors (Lipinski definition) is 3. The second-order valence-electron chi connectivity index (χ2n) is 5.79. The van der Waals surface area contributed by atoms with Crippen LogP contribution >= 0.6 is 0 Å². The molecule has 0 bridgehead atoms. The van der Waals surface area contributed by atoms with Crippen LogP contribution in [0.1, 0.15) is 31.9 Å². The average Bonchev–Trinajstić information content (AvgIpc) is 2.77. The maximum atomic E-state index is 11.8. The van der Waals surface area contributed by atoms with Gasteiger partial charge in [-0.05, 0) is 19.3 Å². The average molecular weight is 312 g/mol. The Labute approximate surface area is 126 Å². The van der Waals surface area contributed by atoms with E-state index < -0.39 is 35.8 Å². The molecule has 2 fully saturated rings. The van der Waals surface area contributed by atoms with Crippen molar-refractivity contribution in [3.8, 4) is 0 Å². The molecule has 2 aliphatic rings. The molecule has 2 aliphatic heterocycles. The molecule has 3 heterocycles. The third kappa shape index (κ3) is 3.00. The molecular formula is C14H20N2O6. The number of nitrogens with one attached hydrogen (secondary N) is 1. The zero-order valence-corrected chi connectivity index (χ0v) is 12.1. The number of H-pyrrole nitrogens is 1. The van der Waals surface area contributed by atoms with Crippen LogP contribution < -0.4 is 11.2 Å². The molecule has 0 spiro atoms. The molecule has 5 atom stereocenters. The van der Waals surface area contributed by atoms with Crippen LogP contribution in [-0.2, 0) is 9.47 Å². The number of hydrogen-bond acceptors (Lipinski definition) is 6. The summed E-state index contributed by atoms with van der Waals surface area (Å²) in [7, 11) is 0. The first-order valence-electron chi connectivity index (χ1n) is 7.51. The Morgan fingerprint density at radius 2 is 2.09 bits per heavy atom. The first kappa shape index (κ1) is 15.4. The second-order valence-corrected chi connectivity index (χ2v) is 5.79. The molecule has 122 valence electrons. The number of aliphatic hydroxyl groups excluding tert-OH is 2. The summed E-state index contributed by atoms with van der Waals surface area (Å²) in [4.78, 5) is 25.0. The molecular weight excluding hydrogens is 292 g/mol. The maximum absolute atomic E-state index is 11.8. The van der Waals surface area contributed by atoms with Crippen molar-refractivity contribution in [3.63, 3.8) is 0 Å². The van der Waals surface area contributed by atoms with Gasteiger partial charge in [0.25, 0.3) is 5.56 Å². The Balaban J connectivity index is 1.74. The lowest BCUT2D eigenvalue weighted by molar-refractivity contribution is -0.0711. The number of ether oxygens (including phenoxy) is 2. The van der Waals surface area contributed by atoms with Gasteiger partial charge in [-0.25, -0.2) is 4.79 Å². The van der Waals surface area contributed by atoms with Crippen LogP contribution in [0.15, 0.2) is 21.9 Å². The molecule has 0 aliphatic carbocycles. The number of rotatable bonds is 3. The van der Waals surface area contributed by atoms with Gasteiger partial charge in [-0.3, -0.25) is 14.3 Å². The van der Waals surface area contributed by atoms with Crippen molar-refractivity contribution in [2.24, 2.45) is 0 Å². The van der Waals surface area contributed by atoms with Crippen molar-refractivity contribution in [2.75, 3.05) is 6.61 Å². The van der Waals surface area contributed by atoms with Gasteiger partial charge in [-0.15, -0.1) is 0 Å². The summed E-state index contributed by atoms with van der Waals surface area (Å²) in [5, 5.41) is 20.3. The summed E-state index contributed by atoms with van der Waals surface area (Å²) >= 11 is 0. The van der Waals surface area contributed by atoms with E-state index >= 15 is 0 Å². The third-order valence-corrected chi connectivity index (χ3v) is 4.23. The van der Waals surface area contributed by atoms with Crippen molar-refractivity contribution in [1.29, 1.82) is 0 Å². The molecule has 22 heavy (non-hydrogen) atoms. The Kier molecular flexibility index (Phi) is 4.44. The van der Waals surface area contributed by atoms with E-state index in [2.05, 4.69) is 4.98 Å². The highest BCUT2D eigenvalue weighted by Gasteiger charge is 2.44. The smallest absolute Gasteiger partial charge is 0.330 e. The second kappa shape index (κ2) is 6.33. The fourth-order valence-corrected chi connectivity index (χ4v) is 3.03. The molecule has 0 radical (unpaired) electrons. The predicted molar refractivity (Wildman–Crippen MR) is 75.5 cm³/mol. The molecule has 0 saturated carbocycles. The summed E-state index contributed by atoms with van der Waals surface area (Å²) in [6.45, 7) is 0.693. The lowest BCUT2D eigenvalue weighted by Gasteiger charge is -2.26. The third-order valence-electron chi connectivity index (χ3n) is 4.23. The van der Waals surface area contributed by atoms with Crippen LogP contribution in [0, 0.1) is 0 Å². The molecule has 3 rings (SSSR count). The van der Waals surface area contributed by atoms with E-state index in [9.17, 15) is 19.8 Å². The molecule has 1 unspecified atom stereocenters. The van der Waals surface area contributed by atoms with Gasteiger partial charge in [0, 0.05) is 25.3 Å². The Morgan fingerprint density at radius 3 is 2.77 bits per heavy atom. The van der Waals surface area contributed by atoms with Crippen molar-refractivity contribution in [1.82, 2.24) is 9.55 Å². The Hall–Kier alpha value is -1.48. The lowest BCUT2D eigenvalue weighted by Crippen LogP contribution is -2.37. The summed E-state index contributed by atoms with van der Waals surface area (Å²) in [6, 6.07) is 1.17. The van der Waals surface area contributed by atoms with Gasteiger partial charge >= 0.3 is 5.69 Å². The van der Waals surface area contributed by atoms with Gasteiger partial charge in [0.15, 0.2) is 6.23 Å². The fourth-order valence-electron chi connectivity index (χ4n) is 3.03. The monoisotopic (exact) mass is 312 g/mol. The first-order chi connectivity index (χ1) is 10.6. The van der Waals surface area contributed by atoms with Crippen LogP contribution in [0.4, 0.5) is 0 Å². The van der Waals surface area contributed by atoms with Crippen molar-refractivity contribution in [2.45, 2.75) is 56.3 Å². The molecule has 8 heteroatoms. The highest BCUT2D eigenvalue weighted by Crippen LogP contribution is 2.32. The quantitative estimate of drug-likeness (QED) is 0.667. The topological polar surface area (TPSA) is 114 Å². The number of aliphatic hydroxyl groups is 2. The summed E-state index contributed by atoms with van der Waals surface area (Å²) in [5.41, 5.74) is -1.21. The van der Waals surface area contributed by atoms with E-state index in [-0.39, 0.29) is 6.10 Å². The summed E-state index contributed by atoms with van der Waals surface area (Å²) in [6.07, 6.45) is 0.731. The van der Waals surface area contributed by atoms with Crippen molar-refractivity contribution >= 4 is 0 Å². The highest BCUT2D eigenvalue weighted by atomic mass is 16.6. The van der Waals surface area contributed by atoms with E-state index in [1.54, 1.807) is 0 Å². The van der Waals surface area contributed by atoms with Crippen LogP contribution in [-0.4, -0.2) is 50.8 Å². The van der Waals surface area contributed by atoms with Crippen molar-refractivity contribution < 1.29 is 19.7 Å². The van der Waals surface area contributed by atoms with Gasteiger partial charge in [0.1, 0.15) is 12.2 Å². The zero-order chi connectivity index (χ0) is 15.7. The van der Waals surface area contributed by atoms with Crippen LogP contribution in [0.25, 0.3) is 0 Å². The van der Waals surface area contributed by atoms with E-state index in [0.717, 1.165) is 23.8 Å². The van der Waals surface area contributed by atoms with Crippen LogP contribution in [0.3, 0.4) is 0 Å². The minimum atomic E-state index is -1.24. The van der Waals surface area contributed by atoms with Gasteiger partial charge < -0.3 is 19.7 Å². The first-order valence-corrected chi connectivity index (χ1v) is 7.51. The van der Waals surface area contributed by atoms with E-state index in [1.165, 1.54) is 12.3 Å². The SMILES string of the molecule is O=c1ccn([C@@H]2O[C@H](CC3CCCCO3)[C@@H](O)[C@H]2O)c(=O)[nH]1. The molecule has 1 aromatic heterocycles. The Morgan fingerprint density at radius 1 is 1.27 bits per heavy atom. The lowest BCUT2D eigenvalue weighted by atomic mass is 9.99. The molecule has 1 aromatic rings. The van der Waals surface area contributed by atoms with Gasteiger partial charge in [0.05, 0.1) is 12.2 Å². The molecule has 2 saturated heterocycles. The molecule has 3 N–H and O–H groups in total. The van der Waals surface area contributed by atoms with Crippen LogP contribution in [0.2, 0.25) is 0 Å². The Bertz CT molecular complexity index is 620. The predicted octanol–water partition coefficient (Wildman–Crippen LogP) is -0.885. The standard InChI is InChI=1S/C14H20N2O6/c17-10-4-5-16(14(20)15-10)13-12(19)11(18)9(22-13)7-8-3-1-2-6-21-8/h4-5,8-9,11-13,18-19H,1-3,6-7H2,(H,15,17,20)/t8?,9-,11-,12-,13-/m1/s1. The molecule has 8 nitrogen and oxygen atoms in total. The maximum Gasteiger partial charge on any atom is 0.330 e. The minimum Gasteiger partial charge on any atom is -0.388 e. The molecule has 0 aromatic carbocycles. The fraction of sp³-hybridized carbons (Fsp3) is 0.714. The zero-order valence-electron chi connectivity index (χ0n) is 12.1. The summed E-state index contributed by atoms with van der Waals surface area (Å²) in [5.74, 6) is 0. The largest absolute Gasteiger partial charge is 0.388 e. The number of aromatic nitrogens is 2. The summed E-state index contributed by atoms with van der Waals surface area (Å²) < 4.78 is 12.4. The highest BCUT2D eigenvalue weighted by molar-refractivity contribution is 4.94. The van der Waals surface area contributed by atoms with Crippen LogP contribution in [0.5, 0.6) is 0 Å². The van der Waals surface area contributed by atoms with Crippen molar-refractivity contribution in [3.05, 3.63) is 33.1 Å². The van der Waals surface area contributed by atoms with Gasteiger partial charge in [-0.1, -0.05) is 0 Å². The van der Waals surface area contributed by atoms with E-state index in [1.807, 2.05) is 0 Å². The number of aromatic amines is 1. The van der Waals surface area contributed by atoms with E-state index in [0.29, 0.717) is 13.0 Å². The minimum absolute atomic E-state index is 0.00773. The van der Waals surface area contributed by atoms with Gasteiger partial charge in [-0.2, -0.15) is 0 Å². The van der Waals surface area contributed by atoms with Gasteiger partial charge in [0.2, 0.25) is 0 Å². The molecule has 0 amide bonds. The van der Waals surface area contributed by atoms with E-state index in [4.69, 9.17) is 9.47 Å². The normalized spacial score (nSPS) is 35.6.